The van der Waals surface area contributed by atoms with Crippen LogP contribution in [0.4, 0.5) is 0 Å². The summed E-state index contributed by atoms with van der Waals surface area (Å²) in [7, 11) is 1.89. The third-order valence-electron chi connectivity index (χ3n) is 5.79. The van der Waals surface area contributed by atoms with Gasteiger partial charge in [-0.05, 0) is 43.2 Å². The van der Waals surface area contributed by atoms with Gasteiger partial charge in [-0.15, -0.1) is 0 Å². The number of nitrogens with two attached hydrogens (primary N) is 1. The molecule has 158 valence electrons. The molecule has 2 N–H and O–H groups in total. The third kappa shape index (κ3) is 2.96. The molecule has 0 aliphatic carbocycles. The predicted molar refractivity (Wildman–Crippen MR) is 121 cm³/mol. The second-order valence-electron chi connectivity index (χ2n) is 7.89. The van der Waals surface area contributed by atoms with Crippen LogP contribution in [0.1, 0.15) is 28.3 Å². The highest BCUT2D eigenvalue weighted by Crippen LogP contribution is 2.48. The number of fused-ring (bicyclic) bond motifs is 1. The van der Waals surface area contributed by atoms with Gasteiger partial charge in [-0.1, -0.05) is 42.5 Å². The maximum atomic E-state index is 10.0. The molecule has 1 unspecified atom stereocenters. The zero-order valence-electron chi connectivity index (χ0n) is 18.1. The predicted octanol–water partition coefficient (Wildman–Crippen LogP) is 4.11. The first-order chi connectivity index (χ1) is 15.5. The van der Waals surface area contributed by atoms with E-state index in [-0.39, 0.29) is 5.88 Å². The van der Waals surface area contributed by atoms with E-state index in [9.17, 15) is 5.26 Å². The van der Waals surface area contributed by atoms with Crippen LogP contribution in [0.3, 0.4) is 0 Å². The molecule has 1 aliphatic heterocycles. The molecule has 2 aromatic carbocycles. The van der Waals surface area contributed by atoms with E-state index >= 15 is 0 Å². The first-order valence-corrected chi connectivity index (χ1v) is 10.3. The number of rotatable bonds is 3. The van der Waals surface area contributed by atoms with Crippen LogP contribution in [0.2, 0.25) is 0 Å². The molecule has 1 aliphatic rings. The molecule has 2 aromatic heterocycles. The number of ether oxygens (including phenoxy) is 1. The molecule has 4 aromatic rings. The van der Waals surface area contributed by atoms with Gasteiger partial charge in [0.2, 0.25) is 11.8 Å². The second-order valence-corrected chi connectivity index (χ2v) is 7.89. The summed E-state index contributed by atoms with van der Waals surface area (Å²) in [5.74, 6) is 0.195. The second kappa shape index (κ2) is 7.43. The molecule has 3 heterocycles. The van der Waals surface area contributed by atoms with Crippen LogP contribution < -0.4 is 10.5 Å². The van der Waals surface area contributed by atoms with Crippen molar-refractivity contribution in [2.75, 3.05) is 0 Å². The normalized spacial score (nSPS) is 15.2. The van der Waals surface area contributed by atoms with Crippen molar-refractivity contribution in [2.45, 2.75) is 19.8 Å². The summed E-state index contributed by atoms with van der Waals surface area (Å²) in [5, 5.41) is 19.5. The van der Waals surface area contributed by atoms with Crippen molar-refractivity contribution in [3.8, 4) is 29.0 Å². The minimum atomic E-state index is -0.410. The summed E-state index contributed by atoms with van der Waals surface area (Å²) in [4.78, 5) is 0. The highest BCUT2D eigenvalue weighted by atomic mass is 16.5. The van der Waals surface area contributed by atoms with E-state index in [0.29, 0.717) is 17.1 Å². The maximum absolute atomic E-state index is 10.0. The monoisotopic (exact) mass is 422 g/mol. The number of nitrogens with zero attached hydrogens (tertiary/aromatic N) is 5. The zero-order valence-corrected chi connectivity index (χ0v) is 18.1. The fraction of sp³-hybridized carbons (Fsp3) is 0.160. The van der Waals surface area contributed by atoms with Crippen molar-refractivity contribution < 1.29 is 4.74 Å². The molecule has 7 nitrogen and oxygen atoms in total. The molecule has 0 saturated heterocycles. The number of aryl methyl sites for hydroxylation is 3. The molecular formula is C25H22N6O. The third-order valence-corrected chi connectivity index (χ3v) is 5.79. The van der Waals surface area contributed by atoms with E-state index in [1.807, 2.05) is 81.6 Å². The highest BCUT2D eigenvalue weighted by molar-refractivity contribution is 5.71. The SMILES string of the molecule is Cc1cc(-c2nn(-c3ccccc3)c3c2C(c2ccccc2C)C(C#N)=C(N)O3)n(C)n1. The molecular weight excluding hydrogens is 400 g/mol. The van der Waals surface area contributed by atoms with E-state index < -0.39 is 5.92 Å². The largest absolute Gasteiger partial charge is 0.422 e. The summed E-state index contributed by atoms with van der Waals surface area (Å²) >= 11 is 0. The van der Waals surface area contributed by atoms with Crippen molar-refractivity contribution >= 4 is 0 Å². The Hall–Kier alpha value is -4.31. The van der Waals surface area contributed by atoms with Gasteiger partial charge < -0.3 is 10.5 Å². The fourth-order valence-electron chi connectivity index (χ4n) is 4.33. The topological polar surface area (TPSA) is 94.7 Å². The molecule has 0 amide bonds. The van der Waals surface area contributed by atoms with E-state index in [4.69, 9.17) is 15.6 Å². The van der Waals surface area contributed by atoms with Crippen molar-refractivity contribution in [3.63, 3.8) is 0 Å². The number of allylic oxidation sites excluding steroid dienone is 1. The molecule has 0 saturated carbocycles. The lowest BCUT2D eigenvalue weighted by Gasteiger charge is -2.26. The highest BCUT2D eigenvalue weighted by Gasteiger charge is 2.38. The van der Waals surface area contributed by atoms with Gasteiger partial charge in [-0.25, -0.2) is 0 Å². The lowest BCUT2D eigenvalue weighted by Crippen LogP contribution is -2.22. The van der Waals surface area contributed by atoms with Gasteiger partial charge in [-0.3, -0.25) is 4.68 Å². The van der Waals surface area contributed by atoms with Gasteiger partial charge in [0.1, 0.15) is 17.3 Å². The van der Waals surface area contributed by atoms with Crippen LogP contribution in [0.5, 0.6) is 5.88 Å². The molecule has 1 atom stereocenters. The number of aromatic nitrogens is 4. The summed E-state index contributed by atoms with van der Waals surface area (Å²) in [5.41, 5.74) is 12.8. The Kier molecular flexibility index (Phi) is 4.56. The molecule has 0 fully saturated rings. The Morgan fingerprint density at radius 2 is 1.75 bits per heavy atom. The molecule has 5 rings (SSSR count). The van der Waals surface area contributed by atoms with Crippen molar-refractivity contribution in [3.05, 3.63) is 94.5 Å². The standard InChI is InChI=1S/C25H22N6O/c1-15-9-7-8-12-18(15)21-19(14-26)24(27)32-25-22(21)23(20-13-16(2)28-30(20)3)29-31(25)17-10-5-4-6-11-17/h4-13,21H,27H2,1-3H3. The van der Waals surface area contributed by atoms with Crippen LogP contribution >= 0.6 is 0 Å². The van der Waals surface area contributed by atoms with Crippen molar-refractivity contribution in [1.29, 1.82) is 5.26 Å². The Morgan fingerprint density at radius 3 is 2.41 bits per heavy atom. The lowest BCUT2D eigenvalue weighted by molar-refractivity contribution is 0.367. The number of hydrogen-bond acceptors (Lipinski definition) is 5. The quantitative estimate of drug-likeness (QED) is 0.536. The fourth-order valence-corrected chi connectivity index (χ4v) is 4.33. The summed E-state index contributed by atoms with van der Waals surface area (Å²) in [6, 6.07) is 22.0. The smallest absolute Gasteiger partial charge is 0.229 e. The summed E-state index contributed by atoms with van der Waals surface area (Å²) < 4.78 is 9.62. The first kappa shape index (κ1) is 19.6. The molecule has 0 radical (unpaired) electrons. The minimum absolute atomic E-state index is 0.0954. The lowest BCUT2D eigenvalue weighted by atomic mass is 9.81. The zero-order chi connectivity index (χ0) is 22.4. The van der Waals surface area contributed by atoms with Crippen LogP contribution in [-0.2, 0) is 7.05 Å². The Balaban J connectivity index is 1.87. The maximum Gasteiger partial charge on any atom is 0.229 e. The van der Waals surface area contributed by atoms with Crippen LogP contribution in [-0.4, -0.2) is 19.6 Å². The van der Waals surface area contributed by atoms with Gasteiger partial charge in [0, 0.05) is 7.05 Å². The minimum Gasteiger partial charge on any atom is -0.422 e. The van der Waals surface area contributed by atoms with E-state index in [1.54, 1.807) is 9.36 Å². The molecule has 0 bridgehead atoms. The van der Waals surface area contributed by atoms with Crippen LogP contribution in [0.25, 0.3) is 17.1 Å². The first-order valence-electron chi connectivity index (χ1n) is 10.3. The van der Waals surface area contributed by atoms with Crippen LogP contribution in [0.15, 0.2) is 72.1 Å². The molecule has 7 heteroatoms. The van der Waals surface area contributed by atoms with Gasteiger partial charge in [0.15, 0.2) is 0 Å². The van der Waals surface area contributed by atoms with Crippen molar-refractivity contribution in [1.82, 2.24) is 19.6 Å². The average molecular weight is 422 g/mol. The van der Waals surface area contributed by atoms with Gasteiger partial charge in [0.05, 0.1) is 28.6 Å². The van der Waals surface area contributed by atoms with Gasteiger partial charge in [-0.2, -0.15) is 20.1 Å². The van der Waals surface area contributed by atoms with E-state index in [2.05, 4.69) is 11.2 Å². The van der Waals surface area contributed by atoms with Crippen LogP contribution in [0, 0.1) is 25.2 Å². The van der Waals surface area contributed by atoms with Crippen molar-refractivity contribution in [2.24, 2.45) is 12.8 Å². The summed E-state index contributed by atoms with van der Waals surface area (Å²) in [6.45, 7) is 3.98. The van der Waals surface area contributed by atoms with E-state index in [1.165, 1.54) is 0 Å². The Morgan fingerprint density at radius 1 is 1.03 bits per heavy atom. The number of hydrogen-bond donors (Lipinski definition) is 1. The van der Waals surface area contributed by atoms with Gasteiger partial charge >= 0.3 is 0 Å². The van der Waals surface area contributed by atoms with E-state index in [0.717, 1.165) is 33.8 Å². The Labute approximate surface area is 186 Å². The molecule has 0 spiro atoms. The molecule has 32 heavy (non-hydrogen) atoms. The Bertz CT molecular complexity index is 1400. The van der Waals surface area contributed by atoms with Gasteiger partial charge in [0.25, 0.3) is 0 Å². The number of para-hydroxylation sites is 1. The number of nitriles is 1. The number of benzene rings is 2. The average Bonchev–Trinajstić information content (AvgIpc) is 3.32. The summed E-state index contributed by atoms with van der Waals surface area (Å²) in [6.07, 6.45) is 0.